The second-order valence-corrected chi connectivity index (χ2v) is 6.37. The van der Waals surface area contributed by atoms with Crippen molar-refractivity contribution in [3.63, 3.8) is 0 Å². The van der Waals surface area contributed by atoms with Gasteiger partial charge in [0.2, 0.25) is 5.91 Å². The summed E-state index contributed by atoms with van der Waals surface area (Å²) in [6, 6.07) is 6.17. The third kappa shape index (κ3) is 4.79. The average molecular weight is 383 g/mol. The second-order valence-electron chi connectivity index (χ2n) is 5.45. The largest absolute Gasteiger partial charge is 0.480 e. The lowest BCUT2D eigenvalue weighted by atomic mass is 10.0. The zero-order valence-corrected chi connectivity index (χ0v) is 14.2. The molecule has 124 valence electrons. The summed E-state index contributed by atoms with van der Waals surface area (Å²) in [7, 11) is 0. The van der Waals surface area contributed by atoms with Crippen molar-refractivity contribution < 1.29 is 19.5 Å². The maximum absolute atomic E-state index is 12.2. The minimum absolute atomic E-state index is 0.103. The van der Waals surface area contributed by atoms with Crippen LogP contribution in [0.3, 0.4) is 0 Å². The highest BCUT2D eigenvalue weighted by Gasteiger charge is 2.31. The molecule has 0 bridgehead atoms. The van der Waals surface area contributed by atoms with Gasteiger partial charge in [0, 0.05) is 29.5 Å². The van der Waals surface area contributed by atoms with E-state index in [4.69, 9.17) is 0 Å². The van der Waals surface area contributed by atoms with Crippen molar-refractivity contribution in [2.24, 2.45) is 0 Å². The highest BCUT2D eigenvalue weighted by atomic mass is 79.9. The monoisotopic (exact) mass is 382 g/mol. The van der Waals surface area contributed by atoms with Crippen LogP contribution < -0.4 is 5.32 Å². The molecule has 1 aliphatic rings. The smallest absolute Gasteiger partial charge is 0.326 e. The Morgan fingerprint density at radius 2 is 1.91 bits per heavy atom. The van der Waals surface area contributed by atoms with Gasteiger partial charge in [-0.1, -0.05) is 15.9 Å². The van der Waals surface area contributed by atoms with E-state index in [0.717, 1.165) is 17.3 Å². The van der Waals surface area contributed by atoms with Crippen molar-refractivity contribution in [1.29, 1.82) is 0 Å². The Balaban J connectivity index is 1.83. The first-order valence-electron chi connectivity index (χ1n) is 7.55. The van der Waals surface area contributed by atoms with E-state index < -0.39 is 12.0 Å². The molecule has 1 saturated heterocycles. The van der Waals surface area contributed by atoms with Crippen LogP contribution in [0.15, 0.2) is 28.7 Å². The summed E-state index contributed by atoms with van der Waals surface area (Å²) in [5.74, 6) is -1.44. The molecule has 2 amide bonds. The number of amides is 2. The number of hydrogen-bond acceptors (Lipinski definition) is 3. The summed E-state index contributed by atoms with van der Waals surface area (Å²) in [5.41, 5.74) is 0.516. The van der Waals surface area contributed by atoms with E-state index in [1.54, 1.807) is 24.3 Å². The van der Waals surface area contributed by atoms with E-state index in [-0.39, 0.29) is 24.8 Å². The van der Waals surface area contributed by atoms with Crippen LogP contribution >= 0.6 is 15.9 Å². The van der Waals surface area contributed by atoms with Gasteiger partial charge < -0.3 is 15.3 Å². The maximum atomic E-state index is 12.2. The quantitative estimate of drug-likeness (QED) is 0.815. The number of likely N-dealkylation sites (tertiary alicyclic amines) is 1. The topological polar surface area (TPSA) is 86.7 Å². The maximum Gasteiger partial charge on any atom is 0.326 e. The van der Waals surface area contributed by atoms with Gasteiger partial charge in [-0.2, -0.15) is 0 Å². The Bertz CT molecular complexity index is 588. The summed E-state index contributed by atoms with van der Waals surface area (Å²) in [6.07, 6.45) is 2.24. The number of carbonyl (C=O) groups is 3. The van der Waals surface area contributed by atoms with Crippen molar-refractivity contribution in [2.45, 2.75) is 31.7 Å². The highest BCUT2D eigenvalue weighted by molar-refractivity contribution is 9.10. The molecular formula is C16H19BrN2O4. The molecule has 2 rings (SSSR count). The number of nitrogens with zero attached hydrogens (tertiary/aromatic N) is 1. The number of carbonyl (C=O) groups excluding carboxylic acids is 2. The standard InChI is InChI=1S/C16H19BrN2O4/c17-12-6-4-11(5-7-12)15(21)18-9-8-14(20)19-10-2-1-3-13(19)16(22)23/h4-7,13H,1-3,8-10H2,(H,18,21)(H,22,23). The molecule has 1 atom stereocenters. The lowest BCUT2D eigenvalue weighted by Gasteiger charge is -2.33. The van der Waals surface area contributed by atoms with Gasteiger partial charge >= 0.3 is 5.97 Å². The van der Waals surface area contributed by atoms with Gasteiger partial charge in [0.05, 0.1) is 0 Å². The van der Waals surface area contributed by atoms with Gasteiger partial charge in [-0.3, -0.25) is 9.59 Å². The zero-order valence-electron chi connectivity index (χ0n) is 12.6. The van der Waals surface area contributed by atoms with Crippen molar-refractivity contribution in [2.75, 3.05) is 13.1 Å². The van der Waals surface area contributed by atoms with E-state index in [1.807, 2.05) is 0 Å². The number of benzene rings is 1. The van der Waals surface area contributed by atoms with E-state index in [0.29, 0.717) is 18.5 Å². The van der Waals surface area contributed by atoms with Crippen molar-refractivity contribution >= 4 is 33.7 Å². The Labute approximate surface area is 143 Å². The summed E-state index contributed by atoms with van der Waals surface area (Å²) >= 11 is 3.30. The van der Waals surface area contributed by atoms with Crippen LogP contribution in [0.2, 0.25) is 0 Å². The summed E-state index contributed by atoms with van der Waals surface area (Å²) in [5, 5.41) is 11.9. The molecule has 7 heteroatoms. The predicted molar refractivity (Wildman–Crippen MR) is 88.1 cm³/mol. The van der Waals surface area contributed by atoms with Gasteiger partial charge in [-0.05, 0) is 43.5 Å². The summed E-state index contributed by atoms with van der Waals surface area (Å²) < 4.78 is 0.883. The molecule has 6 nitrogen and oxygen atoms in total. The molecule has 1 fully saturated rings. The fraction of sp³-hybridized carbons (Fsp3) is 0.438. The number of carboxylic acid groups (broad SMARTS) is 1. The van der Waals surface area contributed by atoms with Gasteiger partial charge in [-0.25, -0.2) is 4.79 Å². The van der Waals surface area contributed by atoms with Gasteiger partial charge in [-0.15, -0.1) is 0 Å². The number of halogens is 1. The number of rotatable bonds is 5. The molecule has 1 aromatic carbocycles. The second kappa shape index (κ2) is 8.10. The molecule has 1 heterocycles. The molecule has 1 unspecified atom stereocenters. The first-order valence-corrected chi connectivity index (χ1v) is 8.34. The van der Waals surface area contributed by atoms with Gasteiger partial charge in [0.25, 0.3) is 5.91 Å². The highest BCUT2D eigenvalue weighted by Crippen LogP contribution is 2.18. The first kappa shape index (κ1) is 17.5. The Kier molecular flexibility index (Phi) is 6.15. The molecule has 2 N–H and O–H groups in total. The van der Waals surface area contributed by atoms with Crippen molar-refractivity contribution in [3.8, 4) is 0 Å². The van der Waals surface area contributed by atoms with E-state index in [2.05, 4.69) is 21.2 Å². The number of carboxylic acids is 1. The third-order valence-corrected chi connectivity index (χ3v) is 4.37. The van der Waals surface area contributed by atoms with E-state index in [9.17, 15) is 19.5 Å². The third-order valence-electron chi connectivity index (χ3n) is 3.84. The van der Waals surface area contributed by atoms with Crippen molar-refractivity contribution in [3.05, 3.63) is 34.3 Å². The molecule has 0 saturated carbocycles. The number of nitrogens with one attached hydrogen (secondary N) is 1. The Hall–Kier alpha value is -1.89. The van der Waals surface area contributed by atoms with Crippen LogP contribution in [-0.2, 0) is 9.59 Å². The van der Waals surface area contributed by atoms with Crippen LogP contribution in [0, 0.1) is 0 Å². The molecule has 23 heavy (non-hydrogen) atoms. The van der Waals surface area contributed by atoms with E-state index in [1.165, 1.54) is 4.90 Å². The van der Waals surface area contributed by atoms with Crippen LogP contribution in [0.1, 0.15) is 36.0 Å². The van der Waals surface area contributed by atoms with Crippen LogP contribution in [0.5, 0.6) is 0 Å². The van der Waals surface area contributed by atoms with E-state index >= 15 is 0 Å². The molecule has 0 aromatic heterocycles. The van der Waals surface area contributed by atoms with Gasteiger partial charge in [0.1, 0.15) is 6.04 Å². The predicted octanol–water partition coefficient (Wildman–Crippen LogP) is 2.03. The minimum Gasteiger partial charge on any atom is -0.480 e. The lowest BCUT2D eigenvalue weighted by molar-refractivity contribution is -0.152. The average Bonchev–Trinajstić information content (AvgIpc) is 2.55. The molecule has 0 radical (unpaired) electrons. The fourth-order valence-corrected chi connectivity index (χ4v) is 2.88. The minimum atomic E-state index is -0.961. The number of piperidine rings is 1. The van der Waals surface area contributed by atoms with Crippen LogP contribution in [0.25, 0.3) is 0 Å². The normalized spacial score (nSPS) is 17.6. The molecule has 0 spiro atoms. The molecule has 1 aliphatic heterocycles. The SMILES string of the molecule is O=C(NCCC(=O)N1CCCCC1C(=O)O)c1ccc(Br)cc1. The number of hydrogen-bond donors (Lipinski definition) is 2. The lowest BCUT2D eigenvalue weighted by Crippen LogP contribution is -2.48. The van der Waals surface area contributed by atoms with Crippen molar-refractivity contribution in [1.82, 2.24) is 10.2 Å². The van der Waals surface area contributed by atoms with Crippen LogP contribution in [0.4, 0.5) is 0 Å². The zero-order chi connectivity index (χ0) is 16.8. The Morgan fingerprint density at radius 1 is 1.22 bits per heavy atom. The van der Waals surface area contributed by atoms with Crippen LogP contribution in [-0.4, -0.2) is 46.9 Å². The molecule has 1 aromatic rings. The number of aliphatic carboxylic acids is 1. The summed E-state index contributed by atoms with van der Waals surface area (Å²) in [4.78, 5) is 36.7. The first-order chi connectivity index (χ1) is 11.0. The van der Waals surface area contributed by atoms with Gasteiger partial charge in [0.15, 0.2) is 0 Å². The molecular weight excluding hydrogens is 364 g/mol. The fourth-order valence-electron chi connectivity index (χ4n) is 2.62. The molecule has 0 aliphatic carbocycles. The Morgan fingerprint density at radius 3 is 2.57 bits per heavy atom. The summed E-state index contributed by atoms with van der Waals surface area (Å²) in [6.45, 7) is 0.660.